The Labute approximate surface area is 293 Å². The van der Waals surface area contributed by atoms with Gasteiger partial charge in [0, 0.05) is 18.7 Å². The van der Waals surface area contributed by atoms with Gasteiger partial charge in [-0.1, -0.05) is 51.4 Å². The van der Waals surface area contributed by atoms with Crippen LogP contribution in [0, 0.1) is 23.3 Å². The molecule has 2 heterocycles. The van der Waals surface area contributed by atoms with Gasteiger partial charge in [-0.3, -0.25) is 19.2 Å². The van der Waals surface area contributed by atoms with Crippen molar-refractivity contribution in [2.75, 3.05) is 25.1 Å². The summed E-state index contributed by atoms with van der Waals surface area (Å²) in [5.41, 5.74) is 10.7. The molecule has 6 atom stereocenters. The highest BCUT2D eigenvalue weighted by Crippen LogP contribution is 2.44. The fraction of sp³-hybridized carbons (Fsp3) is 0.848. The van der Waals surface area contributed by atoms with Crippen LogP contribution in [0.5, 0.6) is 0 Å². The zero-order valence-electron chi connectivity index (χ0n) is 29.2. The Bertz CT molecular complexity index is 1490. The summed E-state index contributed by atoms with van der Waals surface area (Å²) in [6.45, 7) is 1.93. The second-order valence-electron chi connectivity index (χ2n) is 15.7. The van der Waals surface area contributed by atoms with E-state index in [0.717, 1.165) is 57.6 Å². The van der Waals surface area contributed by atoms with Gasteiger partial charge in [0.2, 0.25) is 22.5 Å². The number of ketones is 1. The number of urea groups is 1. The summed E-state index contributed by atoms with van der Waals surface area (Å²) in [6.07, 6.45) is 10.5. The highest BCUT2D eigenvalue weighted by atomic mass is 32.2. The van der Waals surface area contributed by atoms with Crippen LogP contribution in [0.1, 0.15) is 96.8 Å². The van der Waals surface area contributed by atoms with Crippen LogP contribution in [0.3, 0.4) is 0 Å². The number of hydrogen-bond donors (Lipinski definition) is 5. The van der Waals surface area contributed by atoms with Crippen LogP contribution < -0.4 is 26.6 Å². The standard InChI is InChI=1S/C33H52N8O8S/c1-32(18-36-40-35)16-22-24(49-32)17-41(26(22)29(44)37-23(15-20-11-12-20)27(42)28(34)43)30(45)25(21-9-5-3-6-10-21)38-31(46)39-33(19-50(2,47)48)13-7-4-8-14-33/h20-26,35H,3-19H2,1-2H3,(H4-,34,37,38,39,43,44,46)/p+1/t22-,23?,24-,25-,26-,32-/m0/s1. The lowest BCUT2D eigenvalue weighted by molar-refractivity contribution is -0.144. The second kappa shape index (κ2) is 15.4. The molecule has 3 aliphatic carbocycles. The van der Waals surface area contributed by atoms with Crippen LogP contribution in [0.4, 0.5) is 4.79 Å². The molecule has 0 aromatic rings. The van der Waals surface area contributed by atoms with Crippen molar-refractivity contribution in [1.29, 1.82) is 5.53 Å². The maximum atomic E-state index is 14.7. The minimum atomic E-state index is -3.42. The normalized spacial score (nSPS) is 29.2. The topological polar surface area (TPSA) is 244 Å². The minimum absolute atomic E-state index is 0.0385. The number of Topliss-reactive ketones (excluding diaryl/α,β-unsaturated/α-hetero) is 1. The molecule has 5 fully saturated rings. The second-order valence-corrected chi connectivity index (χ2v) is 17.8. The van der Waals surface area contributed by atoms with E-state index in [-0.39, 0.29) is 37.1 Å². The number of nitrogens with one attached hydrogen (secondary N) is 4. The van der Waals surface area contributed by atoms with Crippen LogP contribution >= 0.6 is 0 Å². The van der Waals surface area contributed by atoms with E-state index in [2.05, 4.69) is 26.0 Å². The lowest BCUT2D eigenvalue weighted by Gasteiger charge is -2.39. The molecule has 2 aliphatic heterocycles. The van der Waals surface area contributed by atoms with Gasteiger partial charge >= 0.3 is 6.03 Å². The third-order valence-electron chi connectivity index (χ3n) is 11.3. The fourth-order valence-corrected chi connectivity index (χ4v) is 10.2. The molecule has 5 rings (SSSR count). The van der Waals surface area contributed by atoms with Crippen molar-refractivity contribution in [1.82, 2.24) is 25.8 Å². The molecule has 3 saturated carbocycles. The number of primary amides is 1. The maximum Gasteiger partial charge on any atom is 0.315 e. The first-order valence-electron chi connectivity index (χ1n) is 18.0. The molecule has 0 aromatic heterocycles. The van der Waals surface area contributed by atoms with Crippen LogP contribution in [0.15, 0.2) is 5.11 Å². The SMILES string of the molecule is C[C@@]1(CN=[N+]=N)C[C@H]2[C@H](CN(C(=O)[C@@H](NC(=O)NC3(CS(C)(=O)=O)CCCCC3)C3CCCCC3)[C@@H]2C(=O)NC(CC2CC2)C(=O)C(N)=O)O1. The number of nitrogens with two attached hydrogens (primary N) is 1. The van der Waals surface area contributed by atoms with Crippen molar-refractivity contribution in [3.63, 3.8) is 0 Å². The van der Waals surface area contributed by atoms with E-state index >= 15 is 0 Å². The number of sulfone groups is 1. The summed E-state index contributed by atoms with van der Waals surface area (Å²) in [5, 5.41) is 12.4. The molecule has 50 heavy (non-hydrogen) atoms. The Morgan fingerprint density at radius 1 is 1.02 bits per heavy atom. The number of amides is 5. The Balaban J connectivity index is 1.42. The number of carbonyl (C=O) groups excluding carboxylic acids is 5. The molecule has 17 heteroatoms. The van der Waals surface area contributed by atoms with E-state index in [1.165, 1.54) is 4.90 Å². The highest BCUT2D eigenvalue weighted by Gasteiger charge is 2.58. The summed E-state index contributed by atoms with van der Waals surface area (Å²) < 4.78 is 31.2. The Hall–Kier alpha value is -3.43. The largest absolute Gasteiger partial charge is 0.368 e. The molecule has 6 N–H and O–H groups in total. The average Bonchev–Trinajstić information content (AvgIpc) is 3.72. The molecule has 0 bridgehead atoms. The molecule has 5 aliphatic rings. The summed E-state index contributed by atoms with van der Waals surface area (Å²) in [7, 11) is -3.42. The van der Waals surface area contributed by atoms with Crippen LogP contribution in [0.2, 0.25) is 0 Å². The molecular weight excluding hydrogens is 668 g/mol. The van der Waals surface area contributed by atoms with Gasteiger partial charge in [-0.15, -0.1) is 0 Å². The zero-order valence-corrected chi connectivity index (χ0v) is 30.0. The number of hydrogen-bond acceptors (Lipinski definition) is 10. The summed E-state index contributed by atoms with van der Waals surface area (Å²) in [6, 6.07) is -3.84. The van der Waals surface area contributed by atoms with Crippen LogP contribution in [0.25, 0.3) is 0 Å². The van der Waals surface area contributed by atoms with Crippen molar-refractivity contribution < 1.29 is 37.1 Å². The summed E-state index contributed by atoms with van der Waals surface area (Å²) in [5.74, 6) is -3.85. The number of nitrogens with zero attached hydrogens (tertiary/aromatic N) is 3. The van der Waals surface area contributed by atoms with Gasteiger partial charge in [0.25, 0.3) is 5.91 Å². The van der Waals surface area contributed by atoms with Gasteiger partial charge in [-0.2, -0.15) is 0 Å². The van der Waals surface area contributed by atoms with Crippen molar-refractivity contribution in [2.24, 2.45) is 28.6 Å². The number of rotatable bonds is 14. The number of fused-ring (bicyclic) bond motifs is 1. The third-order valence-corrected chi connectivity index (χ3v) is 12.3. The molecular formula is C33H53N8O8S+. The fourth-order valence-electron chi connectivity index (χ4n) is 8.84. The molecule has 0 spiro atoms. The quantitative estimate of drug-likeness (QED) is 0.0990. The van der Waals surface area contributed by atoms with E-state index < -0.39 is 80.7 Å². The van der Waals surface area contributed by atoms with Crippen molar-refractivity contribution in [3.8, 4) is 0 Å². The first-order chi connectivity index (χ1) is 23.6. The monoisotopic (exact) mass is 721 g/mol. The summed E-state index contributed by atoms with van der Waals surface area (Å²) in [4.78, 5) is 72.0. The molecule has 5 amide bonds. The lowest BCUT2D eigenvalue weighted by Crippen LogP contribution is -2.62. The van der Waals surface area contributed by atoms with E-state index in [0.29, 0.717) is 32.1 Å². The van der Waals surface area contributed by atoms with Gasteiger partial charge in [-0.25, -0.2) is 13.2 Å². The van der Waals surface area contributed by atoms with E-state index in [1.807, 2.05) is 6.92 Å². The van der Waals surface area contributed by atoms with Crippen LogP contribution in [-0.2, 0) is 33.8 Å². The summed E-state index contributed by atoms with van der Waals surface area (Å²) >= 11 is 0. The molecule has 0 radical (unpaired) electrons. The van der Waals surface area contributed by atoms with Gasteiger partial charge < -0.3 is 31.3 Å². The minimum Gasteiger partial charge on any atom is -0.368 e. The van der Waals surface area contributed by atoms with E-state index in [9.17, 15) is 32.4 Å². The highest BCUT2D eigenvalue weighted by molar-refractivity contribution is 7.90. The molecule has 278 valence electrons. The Morgan fingerprint density at radius 2 is 1.68 bits per heavy atom. The predicted molar refractivity (Wildman–Crippen MR) is 180 cm³/mol. The smallest absolute Gasteiger partial charge is 0.315 e. The third kappa shape index (κ3) is 9.26. The number of ether oxygens (including phenoxy) is 1. The molecule has 0 aromatic carbocycles. The Morgan fingerprint density at radius 3 is 2.28 bits per heavy atom. The van der Waals surface area contributed by atoms with Crippen molar-refractivity contribution in [3.05, 3.63) is 0 Å². The zero-order chi connectivity index (χ0) is 36.3. The van der Waals surface area contributed by atoms with Gasteiger partial charge in [0.15, 0.2) is 6.54 Å². The van der Waals surface area contributed by atoms with Crippen molar-refractivity contribution >= 4 is 39.4 Å². The van der Waals surface area contributed by atoms with E-state index in [4.69, 9.17) is 16.0 Å². The Kier molecular flexibility index (Phi) is 11.7. The average molecular weight is 722 g/mol. The van der Waals surface area contributed by atoms with Crippen LogP contribution in [-0.4, -0.2) is 103 Å². The molecule has 1 unspecified atom stereocenters. The predicted octanol–water partition coefficient (Wildman–Crippen LogP) is 1.25. The van der Waals surface area contributed by atoms with Gasteiger partial charge in [-0.05, 0) is 57.3 Å². The number of carbonyl (C=O) groups is 5. The van der Waals surface area contributed by atoms with E-state index in [1.54, 1.807) is 0 Å². The van der Waals surface area contributed by atoms with Crippen molar-refractivity contribution in [2.45, 2.75) is 132 Å². The first-order valence-corrected chi connectivity index (χ1v) is 20.1. The lowest BCUT2D eigenvalue weighted by atomic mass is 9.82. The van der Waals surface area contributed by atoms with Gasteiger partial charge in [0.1, 0.15) is 32.6 Å². The first kappa shape index (κ1) is 37.8. The maximum absolute atomic E-state index is 14.7. The molecule has 2 saturated heterocycles. The van der Waals surface area contributed by atoms with Gasteiger partial charge in [0.05, 0.1) is 29.0 Å². The number of likely N-dealkylation sites (tertiary alicyclic amines) is 1. The molecule has 16 nitrogen and oxygen atoms in total.